The van der Waals surface area contributed by atoms with E-state index in [0.717, 1.165) is 3.57 Å². The van der Waals surface area contributed by atoms with Crippen molar-refractivity contribution < 1.29 is 15.0 Å². The highest BCUT2D eigenvalue weighted by Crippen LogP contribution is 2.25. The normalized spacial score (nSPS) is 10.2. The third kappa shape index (κ3) is 2.98. The Morgan fingerprint density at radius 3 is 2.58 bits per heavy atom. The quantitative estimate of drug-likeness (QED) is 0.801. The lowest BCUT2D eigenvalue weighted by molar-refractivity contribution is 0.0990. The summed E-state index contributed by atoms with van der Waals surface area (Å²) >= 11 is 2.08. The van der Waals surface area contributed by atoms with Crippen molar-refractivity contribution in [3.05, 3.63) is 51.6 Å². The van der Waals surface area contributed by atoms with Crippen LogP contribution in [0.2, 0.25) is 0 Å². The fourth-order valence-electron chi connectivity index (χ4n) is 1.68. The van der Waals surface area contributed by atoms with E-state index in [2.05, 4.69) is 22.6 Å². The molecule has 2 aromatic rings. The van der Waals surface area contributed by atoms with Gasteiger partial charge >= 0.3 is 0 Å². The van der Waals surface area contributed by atoms with Gasteiger partial charge in [0.25, 0.3) is 5.91 Å². The number of hydrogen-bond donors (Lipinski definition) is 2. The summed E-state index contributed by atoms with van der Waals surface area (Å²) in [5.74, 6) is -0.303. The number of rotatable bonds is 2. The molecule has 4 nitrogen and oxygen atoms in total. The molecule has 0 atom stereocenters. The predicted molar refractivity (Wildman–Crippen MR) is 81.7 cm³/mol. The van der Waals surface area contributed by atoms with Crippen LogP contribution in [0.15, 0.2) is 42.5 Å². The Bertz CT molecular complexity index is 628. The van der Waals surface area contributed by atoms with Crippen molar-refractivity contribution >= 4 is 34.2 Å². The molecule has 0 spiro atoms. The largest absolute Gasteiger partial charge is 0.508 e. The molecule has 19 heavy (non-hydrogen) atoms. The van der Waals surface area contributed by atoms with Gasteiger partial charge in [0.05, 0.1) is 5.56 Å². The lowest BCUT2D eigenvalue weighted by Gasteiger charge is -2.18. The third-order valence-electron chi connectivity index (χ3n) is 2.71. The van der Waals surface area contributed by atoms with E-state index in [1.54, 1.807) is 31.3 Å². The Morgan fingerprint density at radius 1 is 1.16 bits per heavy atom. The van der Waals surface area contributed by atoms with Crippen LogP contribution in [-0.4, -0.2) is 23.2 Å². The number of carbonyl (C=O) groups excluding carboxylic acids is 1. The summed E-state index contributed by atoms with van der Waals surface area (Å²) in [5.41, 5.74) is 0.793. The zero-order valence-corrected chi connectivity index (χ0v) is 12.3. The highest BCUT2D eigenvalue weighted by atomic mass is 127. The van der Waals surface area contributed by atoms with E-state index < -0.39 is 0 Å². The molecule has 0 aliphatic heterocycles. The molecule has 1 amide bonds. The minimum atomic E-state index is -0.332. The maximum absolute atomic E-state index is 12.3. The zero-order chi connectivity index (χ0) is 14.0. The van der Waals surface area contributed by atoms with Crippen LogP contribution in [0.4, 0.5) is 5.69 Å². The molecule has 0 fully saturated rings. The molecule has 5 heteroatoms. The van der Waals surface area contributed by atoms with Crippen LogP contribution >= 0.6 is 22.6 Å². The fraction of sp³-hybridized carbons (Fsp3) is 0.0714. The molecule has 0 aliphatic rings. The molecule has 0 saturated carbocycles. The molecule has 2 N–H and O–H groups in total. The molecule has 0 unspecified atom stereocenters. The van der Waals surface area contributed by atoms with Gasteiger partial charge in [0.15, 0.2) is 0 Å². The molecule has 2 aromatic carbocycles. The fourth-order valence-corrected chi connectivity index (χ4v) is 2.17. The van der Waals surface area contributed by atoms with Gasteiger partial charge in [-0.1, -0.05) is 6.07 Å². The molecule has 0 heterocycles. The van der Waals surface area contributed by atoms with Gasteiger partial charge in [0.2, 0.25) is 0 Å². The van der Waals surface area contributed by atoms with Crippen molar-refractivity contribution in [1.82, 2.24) is 0 Å². The molecule has 0 aromatic heterocycles. The second kappa shape index (κ2) is 5.48. The third-order valence-corrected chi connectivity index (χ3v) is 3.38. The lowest BCUT2D eigenvalue weighted by atomic mass is 10.1. The van der Waals surface area contributed by atoms with Gasteiger partial charge in [-0.3, -0.25) is 4.79 Å². The number of anilines is 1. The molecule has 0 bridgehead atoms. The van der Waals surface area contributed by atoms with E-state index in [1.165, 1.54) is 23.1 Å². The molecule has 2 rings (SSSR count). The first kappa shape index (κ1) is 13.7. The van der Waals surface area contributed by atoms with E-state index >= 15 is 0 Å². The Balaban J connectivity index is 2.36. The SMILES string of the molecule is CN(C(=O)c1cc(I)ccc1O)c1cccc(O)c1. The number of phenols is 2. The van der Waals surface area contributed by atoms with Crippen LogP contribution in [0.3, 0.4) is 0 Å². The summed E-state index contributed by atoms with van der Waals surface area (Å²) in [5, 5.41) is 19.2. The van der Waals surface area contributed by atoms with Gasteiger partial charge in [-0.25, -0.2) is 0 Å². The Morgan fingerprint density at radius 2 is 1.89 bits per heavy atom. The van der Waals surface area contributed by atoms with Crippen molar-refractivity contribution in [3.63, 3.8) is 0 Å². The average molecular weight is 369 g/mol. The number of halogens is 1. The van der Waals surface area contributed by atoms with Crippen LogP contribution in [0.25, 0.3) is 0 Å². The average Bonchev–Trinajstić information content (AvgIpc) is 2.40. The first-order valence-electron chi connectivity index (χ1n) is 5.54. The maximum Gasteiger partial charge on any atom is 0.261 e. The summed E-state index contributed by atoms with van der Waals surface area (Å²) in [6.07, 6.45) is 0. The molecule has 0 aliphatic carbocycles. The number of carbonyl (C=O) groups is 1. The van der Waals surface area contributed by atoms with Crippen LogP contribution in [0, 0.1) is 3.57 Å². The standard InChI is InChI=1S/C14H12INO3/c1-16(10-3-2-4-11(17)8-10)14(19)12-7-9(15)5-6-13(12)18/h2-8,17-18H,1H3. The summed E-state index contributed by atoms with van der Waals surface area (Å²) < 4.78 is 0.864. The van der Waals surface area contributed by atoms with E-state index in [0.29, 0.717) is 5.69 Å². The molecule has 0 radical (unpaired) electrons. The molecular formula is C14H12INO3. The van der Waals surface area contributed by atoms with Gasteiger partial charge in [-0.05, 0) is 52.9 Å². The summed E-state index contributed by atoms with van der Waals surface area (Å²) in [6, 6.07) is 11.2. The molecular weight excluding hydrogens is 357 g/mol. The Kier molecular flexibility index (Phi) is 3.94. The summed E-state index contributed by atoms with van der Waals surface area (Å²) in [6.45, 7) is 0. The summed E-state index contributed by atoms with van der Waals surface area (Å²) in [4.78, 5) is 13.7. The van der Waals surface area contributed by atoms with Crippen LogP contribution < -0.4 is 4.90 Å². The predicted octanol–water partition coefficient (Wildman–Crippen LogP) is 2.98. The van der Waals surface area contributed by atoms with Crippen molar-refractivity contribution in [1.29, 1.82) is 0 Å². The van der Waals surface area contributed by atoms with Crippen molar-refractivity contribution in [2.24, 2.45) is 0 Å². The second-order valence-electron chi connectivity index (χ2n) is 4.05. The van der Waals surface area contributed by atoms with Gasteiger partial charge in [-0.2, -0.15) is 0 Å². The highest BCUT2D eigenvalue weighted by molar-refractivity contribution is 14.1. The first-order chi connectivity index (χ1) is 8.99. The maximum atomic E-state index is 12.3. The lowest BCUT2D eigenvalue weighted by Crippen LogP contribution is -2.26. The van der Waals surface area contributed by atoms with Crippen LogP contribution in [0.5, 0.6) is 11.5 Å². The Hall–Kier alpha value is -1.76. The van der Waals surface area contributed by atoms with Gasteiger partial charge in [0, 0.05) is 22.4 Å². The second-order valence-corrected chi connectivity index (χ2v) is 5.29. The Labute approximate surface area is 124 Å². The number of hydrogen-bond acceptors (Lipinski definition) is 3. The minimum Gasteiger partial charge on any atom is -0.508 e. The topological polar surface area (TPSA) is 60.8 Å². The van der Waals surface area contributed by atoms with Gasteiger partial charge in [0.1, 0.15) is 11.5 Å². The highest BCUT2D eigenvalue weighted by Gasteiger charge is 2.17. The van der Waals surface area contributed by atoms with Crippen LogP contribution in [0.1, 0.15) is 10.4 Å². The zero-order valence-electron chi connectivity index (χ0n) is 10.2. The number of aromatic hydroxyl groups is 2. The van der Waals surface area contributed by atoms with Gasteiger partial charge < -0.3 is 15.1 Å². The van der Waals surface area contributed by atoms with Crippen molar-refractivity contribution in [3.8, 4) is 11.5 Å². The van der Waals surface area contributed by atoms with E-state index in [9.17, 15) is 15.0 Å². The monoisotopic (exact) mass is 369 g/mol. The summed E-state index contributed by atoms with van der Waals surface area (Å²) in [7, 11) is 1.59. The van der Waals surface area contributed by atoms with E-state index in [1.807, 2.05) is 0 Å². The van der Waals surface area contributed by atoms with Crippen molar-refractivity contribution in [2.75, 3.05) is 11.9 Å². The van der Waals surface area contributed by atoms with E-state index in [4.69, 9.17) is 0 Å². The molecule has 98 valence electrons. The van der Waals surface area contributed by atoms with Crippen molar-refractivity contribution in [2.45, 2.75) is 0 Å². The number of phenolic OH excluding ortho intramolecular Hbond substituents is 2. The van der Waals surface area contributed by atoms with E-state index in [-0.39, 0.29) is 23.0 Å². The first-order valence-corrected chi connectivity index (χ1v) is 6.62. The number of amides is 1. The molecule has 0 saturated heterocycles. The smallest absolute Gasteiger partial charge is 0.261 e. The minimum absolute atomic E-state index is 0.0579. The number of benzene rings is 2. The van der Waals surface area contributed by atoms with Crippen LogP contribution in [-0.2, 0) is 0 Å². The van der Waals surface area contributed by atoms with Gasteiger partial charge in [-0.15, -0.1) is 0 Å². The number of nitrogens with zero attached hydrogens (tertiary/aromatic N) is 1.